The van der Waals surface area contributed by atoms with Crippen LogP contribution in [0.1, 0.15) is 46.5 Å². The van der Waals surface area contributed by atoms with Crippen molar-refractivity contribution in [2.24, 2.45) is 29.6 Å². The second-order valence-corrected chi connectivity index (χ2v) is 8.00. The smallest absolute Gasteiger partial charge is 0.0247 e. The molecule has 6 atom stereocenters. The summed E-state index contributed by atoms with van der Waals surface area (Å²) in [5, 5.41) is 3.77. The van der Waals surface area contributed by atoms with Crippen LogP contribution in [0.3, 0.4) is 0 Å². The summed E-state index contributed by atoms with van der Waals surface area (Å²) in [5.74, 6) is 5.24. The van der Waals surface area contributed by atoms with E-state index in [1.807, 2.05) is 0 Å². The molecule has 0 aromatic rings. The highest BCUT2D eigenvalue weighted by atomic mass is 15.3. The summed E-state index contributed by atoms with van der Waals surface area (Å²) in [6, 6.07) is 2.52. The summed E-state index contributed by atoms with van der Waals surface area (Å²) in [5.41, 5.74) is 0. The summed E-state index contributed by atoms with van der Waals surface area (Å²) < 4.78 is 0. The monoisotopic (exact) mass is 262 g/mol. The van der Waals surface area contributed by atoms with Crippen LogP contribution in [0.4, 0.5) is 0 Å². The number of nitrogens with one attached hydrogen (secondary N) is 1. The molecule has 1 aliphatic heterocycles. The van der Waals surface area contributed by atoms with Crippen LogP contribution in [-0.2, 0) is 0 Å². The van der Waals surface area contributed by atoms with Crippen molar-refractivity contribution in [1.82, 2.24) is 10.2 Å². The van der Waals surface area contributed by atoms with E-state index in [2.05, 4.69) is 31.0 Å². The Balaban J connectivity index is 1.51. The summed E-state index contributed by atoms with van der Waals surface area (Å²) in [7, 11) is 0. The Morgan fingerprint density at radius 1 is 1.16 bits per heavy atom. The van der Waals surface area contributed by atoms with Crippen LogP contribution in [0.25, 0.3) is 0 Å². The molecule has 4 aliphatic rings. The summed E-state index contributed by atoms with van der Waals surface area (Å²) in [6.07, 6.45) is 5.98. The molecule has 0 aromatic heterocycles. The average Bonchev–Trinajstić information content (AvgIpc) is 2.85. The van der Waals surface area contributed by atoms with Crippen molar-refractivity contribution in [2.75, 3.05) is 13.1 Å². The fourth-order valence-corrected chi connectivity index (χ4v) is 5.82. The lowest BCUT2D eigenvalue weighted by atomic mass is 9.95. The van der Waals surface area contributed by atoms with Gasteiger partial charge in [-0.15, -0.1) is 0 Å². The van der Waals surface area contributed by atoms with Gasteiger partial charge in [0.15, 0.2) is 0 Å². The molecule has 3 saturated carbocycles. The molecule has 0 spiro atoms. The molecule has 6 unspecified atom stereocenters. The van der Waals surface area contributed by atoms with Gasteiger partial charge in [0.2, 0.25) is 0 Å². The fourth-order valence-electron chi connectivity index (χ4n) is 5.82. The lowest BCUT2D eigenvalue weighted by Gasteiger charge is -2.43. The van der Waals surface area contributed by atoms with Crippen molar-refractivity contribution >= 4 is 0 Å². The number of nitrogens with zero attached hydrogens (tertiary/aromatic N) is 1. The predicted octanol–water partition coefficient (Wildman–Crippen LogP) is 2.74. The van der Waals surface area contributed by atoms with Gasteiger partial charge >= 0.3 is 0 Å². The third-order valence-electron chi connectivity index (χ3n) is 6.81. The Hall–Kier alpha value is -0.0800. The first-order valence-electron chi connectivity index (χ1n) is 8.69. The van der Waals surface area contributed by atoms with E-state index in [0.717, 1.165) is 47.7 Å². The van der Waals surface area contributed by atoms with Crippen LogP contribution >= 0.6 is 0 Å². The molecule has 0 aromatic carbocycles. The number of hydrogen-bond acceptors (Lipinski definition) is 2. The Labute approximate surface area is 118 Å². The zero-order valence-electron chi connectivity index (χ0n) is 12.8. The average molecular weight is 262 g/mol. The molecule has 4 fully saturated rings. The minimum absolute atomic E-state index is 0.744. The van der Waals surface area contributed by atoms with Crippen molar-refractivity contribution in [3.8, 4) is 0 Å². The van der Waals surface area contributed by atoms with Crippen molar-refractivity contribution in [2.45, 2.75) is 64.6 Å². The van der Waals surface area contributed by atoms with Gasteiger partial charge in [0.25, 0.3) is 0 Å². The van der Waals surface area contributed by atoms with E-state index in [0.29, 0.717) is 0 Å². The standard InChI is InChI=1S/C17H30N2/c1-4-13-9-19(14(8-18-13)10(2)3)17-15-11-5-6-12(7-11)16(15)17/h10-18H,4-9H2,1-3H3. The van der Waals surface area contributed by atoms with Gasteiger partial charge in [-0.3, -0.25) is 4.90 Å². The molecule has 3 aliphatic carbocycles. The second kappa shape index (κ2) is 4.46. The maximum Gasteiger partial charge on any atom is 0.0247 e. The van der Waals surface area contributed by atoms with E-state index < -0.39 is 0 Å². The number of rotatable bonds is 3. The second-order valence-electron chi connectivity index (χ2n) is 8.00. The molecule has 19 heavy (non-hydrogen) atoms. The maximum absolute atomic E-state index is 3.77. The zero-order chi connectivity index (χ0) is 13.1. The van der Waals surface area contributed by atoms with E-state index >= 15 is 0 Å². The number of hydrogen-bond donors (Lipinski definition) is 1. The summed E-state index contributed by atoms with van der Waals surface area (Å²) in [4.78, 5) is 2.95. The van der Waals surface area contributed by atoms with Crippen molar-refractivity contribution in [1.29, 1.82) is 0 Å². The Morgan fingerprint density at radius 3 is 2.42 bits per heavy atom. The molecule has 4 rings (SSSR count). The van der Waals surface area contributed by atoms with Crippen molar-refractivity contribution in [3.63, 3.8) is 0 Å². The Morgan fingerprint density at radius 2 is 1.84 bits per heavy atom. The highest BCUT2D eigenvalue weighted by Crippen LogP contribution is 2.67. The molecule has 1 N–H and O–H groups in total. The van der Waals surface area contributed by atoms with Gasteiger partial charge < -0.3 is 5.32 Å². The van der Waals surface area contributed by atoms with Gasteiger partial charge in [0.1, 0.15) is 0 Å². The summed E-state index contributed by atoms with van der Waals surface area (Å²) >= 11 is 0. The van der Waals surface area contributed by atoms with E-state index in [-0.39, 0.29) is 0 Å². The van der Waals surface area contributed by atoms with Crippen molar-refractivity contribution < 1.29 is 0 Å². The molecular formula is C17H30N2. The highest BCUT2D eigenvalue weighted by molar-refractivity contribution is 5.18. The van der Waals surface area contributed by atoms with E-state index in [1.165, 1.54) is 19.5 Å². The molecule has 0 radical (unpaired) electrons. The first-order valence-corrected chi connectivity index (χ1v) is 8.69. The zero-order valence-corrected chi connectivity index (χ0v) is 12.8. The van der Waals surface area contributed by atoms with Gasteiger partial charge in [-0.25, -0.2) is 0 Å². The number of piperazine rings is 1. The molecule has 0 amide bonds. The SMILES string of the molecule is CCC1CN(C2C3C4CCC(C4)C32)C(C(C)C)CN1. The van der Waals surface area contributed by atoms with E-state index in [4.69, 9.17) is 0 Å². The first kappa shape index (κ1) is 12.6. The normalized spacial score (nSPS) is 52.7. The maximum atomic E-state index is 3.77. The third kappa shape index (κ3) is 1.82. The minimum atomic E-state index is 0.744. The van der Waals surface area contributed by atoms with Crippen LogP contribution in [0.2, 0.25) is 0 Å². The van der Waals surface area contributed by atoms with Crippen LogP contribution < -0.4 is 5.32 Å². The largest absolute Gasteiger partial charge is 0.311 e. The van der Waals surface area contributed by atoms with Gasteiger partial charge in [0.05, 0.1) is 0 Å². The highest BCUT2D eigenvalue weighted by Gasteiger charge is 2.67. The Bertz CT molecular complexity index is 337. The molecule has 1 saturated heterocycles. The summed E-state index contributed by atoms with van der Waals surface area (Å²) in [6.45, 7) is 9.71. The first-order chi connectivity index (χ1) is 9.20. The quantitative estimate of drug-likeness (QED) is 0.841. The number of fused-ring (bicyclic) bond motifs is 5. The van der Waals surface area contributed by atoms with E-state index in [1.54, 1.807) is 19.3 Å². The molecular weight excluding hydrogens is 232 g/mol. The van der Waals surface area contributed by atoms with Gasteiger partial charge in [-0.2, -0.15) is 0 Å². The van der Waals surface area contributed by atoms with Crippen molar-refractivity contribution in [3.05, 3.63) is 0 Å². The lowest BCUT2D eigenvalue weighted by molar-refractivity contribution is 0.0723. The molecule has 108 valence electrons. The van der Waals surface area contributed by atoms with Gasteiger partial charge in [-0.05, 0) is 55.3 Å². The molecule has 2 nitrogen and oxygen atoms in total. The van der Waals surface area contributed by atoms with Crippen LogP contribution in [0, 0.1) is 29.6 Å². The lowest BCUT2D eigenvalue weighted by Crippen LogP contribution is -2.59. The predicted molar refractivity (Wildman–Crippen MR) is 79.0 cm³/mol. The van der Waals surface area contributed by atoms with Gasteiger partial charge in [-0.1, -0.05) is 20.8 Å². The Kier molecular flexibility index (Phi) is 2.97. The third-order valence-corrected chi connectivity index (χ3v) is 6.81. The molecule has 2 heteroatoms. The van der Waals surface area contributed by atoms with Gasteiger partial charge in [0, 0.05) is 31.2 Å². The van der Waals surface area contributed by atoms with Crippen LogP contribution in [0.5, 0.6) is 0 Å². The molecule has 2 bridgehead atoms. The van der Waals surface area contributed by atoms with Crippen LogP contribution in [0.15, 0.2) is 0 Å². The fraction of sp³-hybridized carbons (Fsp3) is 1.00. The van der Waals surface area contributed by atoms with Crippen LogP contribution in [-0.4, -0.2) is 36.1 Å². The molecule has 1 heterocycles. The topological polar surface area (TPSA) is 15.3 Å². The minimum Gasteiger partial charge on any atom is -0.311 e. The van der Waals surface area contributed by atoms with E-state index in [9.17, 15) is 0 Å².